The Morgan fingerprint density at radius 2 is 1.78 bits per heavy atom. The summed E-state index contributed by atoms with van der Waals surface area (Å²) >= 11 is 0. The number of sulfonamides is 1. The molecule has 0 bridgehead atoms. The van der Waals surface area contributed by atoms with Crippen LogP contribution in [-0.4, -0.2) is 52.8 Å². The first-order chi connectivity index (χ1) is 10.7. The van der Waals surface area contributed by atoms with E-state index in [-0.39, 0.29) is 18.0 Å². The molecule has 0 saturated carbocycles. The highest BCUT2D eigenvalue weighted by atomic mass is 32.2. The van der Waals surface area contributed by atoms with Crippen LogP contribution in [0, 0.1) is 0 Å². The lowest BCUT2D eigenvalue weighted by atomic mass is 10.2. The van der Waals surface area contributed by atoms with Crippen molar-refractivity contribution in [3.05, 3.63) is 23.8 Å². The number of nitrogens with zero attached hydrogens (tertiary/aromatic N) is 1. The van der Waals surface area contributed by atoms with Crippen LogP contribution in [0.25, 0.3) is 0 Å². The number of rotatable bonds is 5. The summed E-state index contributed by atoms with van der Waals surface area (Å²) in [6.07, 6.45) is 2.58. The second-order valence-corrected chi connectivity index (χ2v) is 10.0. The van der Waals surface area contributed by atoms with Gasteiger partial charge in [-0.25, -0.2) is 16.8 Å². The Hall–Kier alpha value is -1.12. The number of hydrogen-bond donors (Lipinski definition) is 0. The van der Waals surface area contributed by atoms with Crippen LogP contribution in [0.1, 0.15) is 25.3 Å². The fourth-order valence-electron chi connectivity index (χ4n) is 2.78. The molecule has 0 radical (unpaired) electrons. The molecule has 1 aromatic rings. The topological polar surface area (TPSA) is 80.8 Å². The summed E-state index contributed by atoms with van der Waals surface area (Å²) in [7, 11) is -5.38. The lowest BCUT2D eigenvalue weighted by molar-refractivity contribution is 0.342. The molecule has 8 heteroatoms. The van der Waals surface area contributed by atoms with E-state index < -0.39 is 25.1 Å². The van der Waals surface area contributed by atoms with E-state index >= 15 is 0 Å². The van der Waals surface area contributed by atoms with Crippen molar-refractivity contribution in [3.8, 4) is 5.75 Å². The van der Waals surface area contributed by atoms with E-state index in [1.807, 2.05) is 13.0 Å². The van der Waals surface area contributed by atoms with Gasteiger partial charge in [0.25, 0.3) is 0 Å². The van der Waals surface area contributed by atoms with Crippen molar-refractivity contribution < 1.29 is 21.6 Å². The van der Waals surface area contributed by atoms with Crippen molar-refractivity contribution in [1.29, 1.82) is 0 Å². The second kappa shape index (κ2) is 6.78. The van der Waals surface area contributed by atoms with Crippen molar-refractivity contribution in [2.24, 2.45) is 0 Å². The number of hydrogen-bond acceptors (Lipinski definition) is 5. The SMILES string of the molecule is CCc1ccc(OC)c(S(=O)(=O)N2CCC(S(C)(=O)=O)CC2)c1. The standard InChI is InChI=1S/C15H23NO5S2/c1-4-12-5-6-14(21-2)15(11-12)23(19,20)16-9-7-13(8-10-16)22(3,17)18/h5-6,11,13H,4,7-10H2,1-3H3. The average molecular weight is 361 g/mol. The molecule has 0 N–H and O–H groups in total. The summed E-state index contributed by atoms with van der Waals surface area (Å²) in [6.45, 7) is 2.37. The Labute approximate surface area is 138 Å². The Balaban J connectivity index is 2.30. The Morgan fingerprint density at radius 3 is 2.26 bits per heavy atom. The molecule has 1 aliphatic heterocycles. The molecule has 1 aliphatic rings. The van der Waals surface area contributed by atoms with E-state index in [1.165, 1.54) is 17.7 Å². The molecule has 1 saturated heterocycles. The highest BCUT2D eigenvalue weighted by Gasteiger charge is 2.34. The third-order valence-corrected chi connectivity index (χ3v) is 7.86. The van der Waals surface area contributed by atoms with E-state index in [4.69, 9.17) is 4.74 Å². The predicted molar refractivity (Wildman–Crippen MR) is 89.0 cm³/mol. The van der Waals surface area contributed by atoms with E-state index in [2.05, 4.69) is 0 Å². The molecule has 0 amide bonds. The van der Waals surface area contributed by atoms with Crippen molar-refractivity contribution >= 4 is 19.9 Å². The number of piperidine rings is 1. The third-order valence-electron chi connectivity index (χ3n) is 4.26. The van der Waals surface area contributed by atoms with E-state index in [1.54, 1.807) is 12.1 Å². The lowest BCUT2D eigenvalue weighted by Gasteiger charge is -2.30. The van der Waals surface area contributed by atoms with Crippen LogP contribution in [0.2, 0.25) is 0 Å². The van der Waals surface area contributed by atoms with Gasteiger partial charge < -0.3 is 4.74 Å². The smallest absolute Gasteiger partial charge is 0.246 e. The Kier molecular flexibility index (Phi) is 5.37. The first-order valence-electron chi connectivity index (χ1n) is 7.56. The van der Waals surface area contributed by atoms with Gasteiger partial charge in [0, 0.05) is 19.3 Å². The summed E-state index contributed by atoms with van der Waals surface area (Å²) in [5.74, 6) is 0.312. The monoisotopic (exact) mass is 361 g/mol. The molecule has 130 valence electrons. The molecule has 6 nitrogen and oxygen atoms in total. The van der Waals surface area contributed by atoms with Crippen LogP contribution in [0.5, 0.6) is 5.75 Å². The molecule has 0 aliphatic carbocycles. The first-order valence-corrected chi connectivity index (χ1v) is 11.0. The van der Waals surface area contributed by atoms with E-state index in [9.17, 15) is 16.8 Å². The molecule has 0 spiro atoms. The van der Waals surface area contributed by atoms with Crippen LogP contribution < -0.4 is 4.74 Å². The zero-order chi connectivity index (χ0) is 17.3. The fourth-order valence-corrected chi connectivity index (χ4v) is 5.53. The number of methoxy groups -OCH3 is 1. The molecule has 1 heterocycles. The van der Waals surface area contributed by atoms with Gasteiger partial charge in [0.05, 0.1) is 12.4 Å². The van der Waals surface area contributed by atoms with Gasteiger partial charge in [-0.15, -0.1) is 0 Å². The normalized spacial score (nSPS) is 18.0. The molecular formula is C15H23NO5S2. The van der Waals surface area contributed by atoms with Gasteiger partial charge in [0.1, 0.15) is 20.5 Å². The zero-order valence-electron chi connectivity index (χ0n) is 13.6. The van der Waals surface area contributed by atoms with Gasteiger partial charge in [0.15, 0.2) is 0 Å². The van der Waals surface area contributed by atoms with Crippen LogP contribution in [0.3, 0.4) is 0 Å². The Bertz CT molecular complexity index is 763. The molecule has 1 aromatic carbocycles. The Morgan fingerprint density at radius 1 is 1.17 bits per heavy atom. The van der Waals surface area contributed by atoms with Gasteiger partial charge in [-0.1, -0.05) is 13.0 Å². The van der Waals surface area contributed by atoms with Crippen molar-refractivity contribution in [3.63, 3.8) is 0 Å². The molecule has 2 rings (SSSR count). The van der Waals surface area contributed by atoms with E-state index in [0.29, 0.717) is 18.6 Å². The summed E-state index contributed by atoms with van der Waals surface area (Å²) in [5.41, 5.74) is 0.912. The van der Waals surface area contributed by atoms with Crippen molar-refractivity contribution in [2.45, 2.75) is 36.3 Å². The molecule has 23 heavy (non-hydrogen) atoms. The molecule has 1 fully saturated rings. The molecule has 0 aromatic heterocycles. The highest BCUT2D eigenvalue weighted by Crippen LogP contribution is 2.30. The summed E-state index contributed by atoms with van der Waals surface area (Å²) < 4.78 is 55.5. The van der Waals surface area contributed by atoms with Gasteiger partial charge >= 0.3 is 0 Å². The second-order valence-electron chi connectivity index (χ2n) is 5.77. The van der Waals surface area contributed by atoms with Gasteiger partial charge in [-0.3, -0.25) is 0 Å². The molecule has 0 atom stereocenters. The minimum absolute atomic E-state index is 0.150. The largest absolute Gasteiger partial charge is 0.495 e. The zero-order valence-corrected chi connectivity index (χ0v) is 15.3. The van der Waals surface area contributed by atoms with Gasteiger partial charge in [-0.05, 0) is 37.0 Å². The lowest BCUT2D eigenvalue weighted by Crippen LogP contribution is -2.42. The maximum atomic E-state index is 12.9. The van der Waals surface area contributed by atoms with E-state index in [0.717, 1.165) is 12.0 Å². The number of sulfone groups is 1. The highest BCUT2D eigenvalue weighted by molar-refractivity contribution is 7.91. The molecular weight excluding hydrogens is 338 g/mol. The van der Waals surface area contributed by atoms with Crippen LogP contribution >= 0.6 is 0 Å². The van der Waals surface area contributed by atoms with Gasteiger partial charge in [0.2, 0.25) is 10.0 Å². The average Bonchev–Trinajstić information content (AvgIpc) is 2.53. The van der Waals surface area contributed by atoms with Crippen molar-refractivity contribution in [2.75, 3.05) is 26.5 Å². The van der Waals surface area contributed by atoms with Crippen molar-refractivity contribution in [1.82, 2.24) is 4.31 Å². The summed E-state index contributed by atoms with van der Waals surface area (Å²) in [6, 6.07) is 5.14. The van der Waals surface area contributed by atoms with Crippen LogP contribution in [-0.2, 0) is 26.3 Å². The van der Waals surface area contributed by atoms with Crippen LogP contribution in [0.4, 0.5) is 0 Å². The van der Waals surface area contributed by atoms with Gasteiger partial charge in [-0.2, -0.15) is 4.31 Å². The fraction of sp³-hybridized carbons (Fsp3) is 0.600. The maximum Gasteiger partial charge on any atom is 0.246 e. The summed E-state index contributed by atoms with van der Waals surface area (Å²) in [4.78, 5) is 0.150. The quantitative estimate of drug-likeness (QED) is 0.793. The first kappa shape index (κ1) is 18.2. The molecule has 0 unspecified atom stereocenters. The number of aryl methyl sites for hydroxylation is 1. The number of ether oxygens (including phenoxy) is 1. The minimum atomic E-state index is -3.69. The third kappa shape index (κ3) is 3.87. The summed E-state index contributed by atoms with van der Waals surface area (Å²) in [5, 5.41) is -0.460. The minimum Gasteiger partial charge on any atom is -0.495 e. The van der Waals surface area contributed by atoms with Crippen LogP contribution in [0.15, 0.2) is 23.1 Å². The number of benzene rings is 1. The predicted octanol–water partition coefficient (Wildman–Crippen LogP) is 1.46. The maximum absolute atomic E-state index is 12.9.